The van der Waals surface area contributed by atoms with Crippen molar-refractivity contribution in [1.82, 2.24) is 19.6 Å². The molecule has 0 bridgehead atoms. The summed E-state index contributed by atoms with van der Waals surface area (Å²) in [5.74, 6) is 0. The quantitative estimate of drug-likeness (QED) is 0.873. The van der Waals surface area contributed by atoms with Crippen molar-refractivity contribution in [3.8, 4) is 5.69 Å². The second kappa shape index (κ2) is 8.13. The van der Waals surface area contributed by atoms with E-state index >= 15 is 0 Å². The van der Waals surface area contributed by atoms with Crippen molar-refractivity contribution >= 4 is 11.7 Å². The van der Waals surface area contributed by atoms with Crippen LogP contribution in [-0.4, -0.2) is 57.8 Å². The van der Waals surface area contributed by atoms with E-state index < -0.39 is 0 Å². The summed E-state index contributed by atoms with van der Waals surface area (Å²) in [5.41, 5.74) is 5.11. The topological polar surface area (TPSA) is 53.4 Å². The van der Waals surface area contributed by atoms with Crippen LogP contribution in [0.15, 0.2) is 24.4 Å². The maximum atomic E-state index is 12.7. The van der Waals surface area contributed by atoms with Gasteiger partial charge in [-0.15, -0.1) is 0 Å². The average Bonchev–Trinajstić information content (AvgIpc) is 3.27. The fourth-order valence-corrected chi connectivity index (χ4v) is 3.88. The third kappa shape index (κ3) is 4.00. The van der Waals surface area contributed by atoms with E-state index in [1.54, 1.807) is 6.20 Å². The smallest absolute Gasteiger partial charge is 0.321 e. The molecule has 146 valence electrons. The van der Waals surface area contributed by atoms with Crippen LogP contribution in [0, 0.1) is 20.8 Å². The first-order valence-corrected chi connectivity index (χ1v) is 9.86. The second-order valence-electron chi connectivity index (χ2n) is 7.39. The molecule has 27 heavy (non-hydrogen) atoms. The number of likely N-dealkylation sites (tertiary alicyclic amines) is 1. The van der Waals surface area contributed by atoms with Crippen molar-refractivity contribution in [3.63, 3.8) is 0 Å². The number of amides is 2. The first-order chi connectivity index (χ1) is 12.9. The number of hydrogen-bond donors (Lipinski definition) is 1. The maximum absolute atomic E-state index is 12.7. The molecule has 3 rings (SSSR count). The molecule has 2 aromatic rings. The van der Waals surface area contributed by atoms with Gasteiger partial charge in [0, 0.05) is 19.1 Å². The van der Waals surface area contributed by atoms with E-state index in [4.69, 9.17) is 0 Å². The highest BCUT2D eigenvalue weighted by Crippen LogP contribution is 2.23. The number of rotatable bonds is 5. The summed E-state index contributed by atoms with van der Waals surface area (Å²) in [6, 6.07) is 6.75. The number of likely N-dealkylation sites (N-methyl/N-ethyl adjacent to an activating group) is 1. The highest BCUT2D eigenvalue weighted by Gasteiger charge is 2.29. The number of aromatic nitrogens is 2. The van der Waals surface area contributed by atoms with Gasteiger partial charge in [0.25, 0.3) is 0 Å². The standard InChI is InChI=1S/C21H31N5O/c1-6-24(7-2)18-10-11-25(14-18)21(27)23-19-13-22-26(17(19)5)20-12-15(3)8-9-16(20)4/h8-9,12-13,18H,6-7,10-11,14H2,1-5H3,(H,23,27). The first kappa shape index (κ1) is 19.4. The molecule has 6 heteroatoms. The molecule has 2 heterocycles. The number of nitrogens with zero attached hydrogens (tertiary/aromatic N) is 4. The lowest BCUT2D eigenvalue weighted by Gasteiger charge is -2.26. The van der Waals surface area contributed by atoms with Crippen LogP contribution in [-0.2, 0) is 0 Å². The van der Waals surface area contributed by atoms with Gasteiger partial charge in [-0.25, -0.2) is 9.48 Å². The summed E-state index contributed by atoms with van der Waals surface area (Å²) < 4.78 is 1.90. The Morgan fingerprint density at radius 1 is 1.26 bits per heavy atom. The van der Waals surface area contributed by atoms with Gasteiger partial charge in [-0.05, 0) is 57.5 Å². The molecule has 1 N–H and O–H groups in total. The molecule has 0 spiro atoms. The van der Waals surface area contributed by atoms with Crippen LogP contribution in [0.1, 0.15) is 37.1 Å². The van der Waals surface area contributed by atoms with E-state index in [1.165, 1.54) is 5.56 Å². The Morgan fingerprint density at radius 2 is 2.00 bits per heavy atom. The fourth-order valence-electron chi connectivity index (χ4n) is 3.88. The van der Waals surface area contributed by atoms with Gasteiger partial charge < -0.3 is 10.2 Å². The van der Waals surface area contributed by atoms with Crippen LogP contribution in [0.5, 0.6) is 0 Å². The third-order valence-corrected chi connectivity index (χ3v) is 5.62. The number of urea groups is 1. The first-order valence-electron chi connectivity index (χ1n) is 9.86. The number of carbonyl (C=O) groups is 1. The molecule has 1 fully saturated rings. The molecule has 1 aromatic carbocycles. The predicted octanol–water partition coefficient (Wildman–Crippen LogP) is 3.75. The van der Waals surface area contributed by atoms with Gasteiger partial charge in [0.15, 0.2) is 0 Å². The highest BCUT2D eigenvalue weighted by molar-refractivity contribution is 5.90. The number of hydrogen-bond acceptors (Lipinski definition) is 3. The predicted molar refractivity (Wildman–Crippen MR) is 110 cm³/mol. The Morgan fingerprint density at radius 3 is 2.70 bits per heavy atom. The molecule has 2 amide bonds. The SMILES string of the molecule is CCN(CC)C1CCN(C(=O)Nc2cnn(-c3cc(C)ccc3C)c2C)C1. The molecule has 1 unspecified atom stereocenters. The van der Waals surface area contributed by atoms with Crippen LogP contribution in [0.3, 0.4) is 0 Å². The van der Waals surface area contributed by atoms with Gasteiger partial charge in [0.2, 0.25) is 0 Å². The molecule has 0 saturated carbocycles. The number of nitrogens with one attached hydrogen (secondary N) is 1. The zero-order chi connectivity index (χ0) is 19.6. The summed E-state index contributed by atoms with van der Waals surface area (Å²) >= 11 is 0. The zero-order valence-corrected chi connectivity index (χ0v) is 17.1. The molecule has 1 saturated heterocycles. The Hall–Kier alpha value is -2.34. The summed E-state index contributed by atoms with van der Waals surface area (Å²) in [5, 5.41) is 7.57. The van der Waals surface area contributed by atoms with Crippen molar-refractivity contribution < 1.29 is 4.79 Å². The lowest BCUT2D eigenvalue weighted by atomic mass is 10.1. The van der Waals surface area contributed by atoms with E-state index in [2.05, 4.69) is 61.2 Å². The summed E-state index contributed by atoms with van der Waals surface area (Å²) in [7, 11) is 0. The monoisotopic (exact) mass is 369 g/mol. The number of aryl methyl sites for hydroxylation is 2. The largest absolute Gasteiger partial charge is 0.323 e. The zero-order valence-electron chi connectivity index (χ0n) is 17.1. The van der Waals surface area contributed by atoms with Gasteiger partial charge >= 0.3 is 6.03 Å². The second-order valence-corrected chi connectivity index (χ2v) is 7.39. The minimum atomic E-state index is -0.0340. The van der Waals surface area contributed by atoms with Gasteiger partial charge in [-0.2, -0.15) is 5.10 Å². The lowest BCUT2D eigenvalue weighted by Crippen LogP contribution is -2.39. The minimum Gasteiger partial charge on any atom is -0.323 e. The van der Waals surface area contributed by atoms with Crippen molar-refractivity contribution in [3.05, 3.63) is 41.2 Å². The summed E-state index contributed by atoms with van der Waals surface area (Å²) in [6.07, 6.45) is 2.78. The maximum Gasteiger partial charge on any atom is 0.321 e. The Labute approximate surface area is 162 Å². The molecular formula is C21H31N5O. The van der Waals surface area contributed by atoms with E-state index in [9.17, 15) is 4.79 Å². The van der Waals surface area contributed by atoms with Gasteiger partial charge in [-0.1, -0.05) is 26.0 Å². The van der Waals surface area contributed by atoms with E-state index in [-0.39, 0.29) is 6.03 Å². The number of benzene rings is 1. The molecule has 1 aliphatic heterocycles. The minimum absolute atomic E-state index is 0.0340. The lowest BCUT2D eigenvalue weighted by molar-refractivity contribution is 0.202. The molecule has 1 aromatic heterocycles. The van der Waals surface area contributed by atoms with Crippen LogP contribution in [0.25, 0.3) is 5.69 Å². The highest BCUT2D eigenvalue weighted by atomic mass is 16.2. The van der Waals surface area contributed by atoms with Gasteiger partial charge in [0.05, 0.1) is 23.3 Å². The summed E-state index contributed by atoms with van der Waals surface area (Å²) in [6.45, 7) is 14.1. The van der Waals surface area contributed by atoms with Crippen molar-refractivity contribution in [1.29, 1.82) is 0 Å². The molecule has 1 aliphatic rings. The summed E-state index contributed by atoms with van der Waals surface area (Å²) in [4.78, 5) is 17.1. The van der Waals surface area contributed by atoms with Crippen LogP contribution < -0.4 is 5.32 Å². The Balaban J connectivity index is 1.71. The van der Waals surface area contributed by atoms with Crippen LogP contribution in [0.2, 0.25) is 0 Å². The van der Waals surface area contributed by atoms with Crippen LogP contribution >= 0.6 is 0 Å². The van der Waals surface area contributed by atoms with E-state index in [0.29, 0.717) is 6.04 Å². The van der Waals surface area contributed by atoms with Gasteiger partial charge in [-0.3, -0.25) is 4.90 Å². The molecular weight excluding hydrogens is 338 g/mol. The Bertz CT molecular complexity index is 809. The molecule has 6 nitrogen and oxygen atoms in total. The number of anilines is 1. The van der Waals surface area contributed by atoms with E-state index in [1.807, 2.05) is 16.5 Å². The van der Waals surface area contributed by atoms with Crippen molar-refractivity contribution in [2.45, 2.75) is 47.1 Å². The third-order valence-electron chi connectivity index (χ3n) is 5.62. The van der Waals surface area contributed by atoms with Crippen molar-refractivity contribution in [2.75, 3.05) is 31.5 Å². The van der Waals surface area contributed by atoms with E-state index in [0.717, 1.165) is 55.2 Å². The Kier molecular flexibility index (Phi) is 5.85. The van der Waals surface area contributed by atoms with Crippen LogP contribution in [0.4, 0.5) is 10.5 Å². The normalized spacial score (nSPS) is 17.0. The fraction of sp³-hybridized carbons (Fsp3) is 0.524. The number of carbonyl (C=O) groups excluding carboxylic acids is 1. The molecule has 0 aliphatic carbocycles. The molecule has 1 atom stereocenters. The molecule has 0 radical (unpaired) electrons. The van der Waals surface area contributed by atoms with Gasteiger partial charge in [0.1, 0.15) is 0 Å². The van der Waals surface area contributed by atoms with Crippen molar-refractivity contribution in [2.24, 2.45) is 0 Å². The average molecular weight is 370 g/mol.